The van der Waals surface area contributed by atoms with Crippen molar-refractivity contribution in [1.29, 1.82) is 0 Å². The Morgan fingerprint density at radius 2 is 1.27 bits per heavy atom. The molecule has 0 unspecified atom stereocenters. The van der Waals surface area contributed by atoms with E-state index in [1.165, 1.54) is 11.1 Å². The van der Waals surface area contributed by atoms with Crippen molar-refractivity contribution in [2.75, 3.05) is 0 Å². The topological polar surface area (TPSA) is 9.23 Å². The number of benzene rings is 2. The first kappa shape index (κ1) is 8.74. The molecule has 15 heavy (non-hydrogen) atoms. The fourth-order valence-electron chi connectivity index (χ4n) is 2.15. The van der Waals surface area contributed by atoms with Crippen molar-refractivity contribution in [3.63, 3.8) is 0 Å². The molecule has 0 fully saturated rings. The van der Waals surface area contributed by atoms with Crippen molar-refractivity contribution in [1.82, 2.24) is 0 Å². The zero-order valence-corrected chi connectivity index (χ0v) is 10.6. The van der Waals surface area contributed by atoms with Gasteiger partial charge < -0.3 is 4.74 Å². The van der Waals surface area contributed by atoms with Crippen LogP contribution in [0.1, 0.15) is 16.7 Å². The highest BCUT2D eigenvalue weighted by Gasteiger charge is 2.22. The largest absolute Gasteiger partial charge is 0.457 e. The molecule has 0 amide bonds. The maximum absolute atomic E-state index is 5.87. The van der Waals surface area contributed by atoms with Gasteiger partial charge in [-0.25, -0.2) is 0 Å². The summed E-state index contributed by atoms with van der Waals surface area (Å²) in [5, 5.41) is 0. The number of ether oxygens (including phenoxy) is 1. The van der Waals surface area contributed by atoms with Crippen LogP contribution in [0.2, 0.25) is 0 Å². The summed E-state index contributed by atoms with van der Waals surface area (Å²) in [5.41, 5.74) is 3.23. The number of para-hydroxylation sites is 2. The molecule has 0 bridgehead atoms. The van der Waals surface area contributed by atoms with Gasteiger partial charge in [-0.05, 0) is 23.3 Å². The van der Waals surface area contributed by atoms with Crippen LogP contribution in [0.4, 0.5) is 0 Å². The molecule has 1 aliphatic rings. The van der Waals surface area contributed by atoms with E-state index in [9.17, 15) is 0 Å². The van der Waals surface area contributed by atoms with Crippen molar-refractivity contribution in [2.24, 2.45) is 0 Å². The molecule has 0 N–H and O–H groups in total. The molecule has 0 spiro atoms. The maximum Gasteiger partial charge on any atom is 0.130 e. The van der Waals surface area contributed by atoms with Crippen molar-refractivity contribution < 1.29 is 4.74 Å². The van der Waals surface area contributed by atoms with Gasteiger partial charge >= 0.3 is 0 Å². The first-order chi connectivity index (χ1) is 7.36. The van der Waals surface area contributed by atoms with E-state index in [0.29, 0.717) is 5.54 Å². The van der Waals surface area contributed by atoms with Crippen LogP contribution in [0.25, 0.3) is 0 Å². The van der Waals surface area contributed by atoms with E-state index >= 15 is 0 Å². The zero-order valence-electron chi connectivity index (χ0n) is 8.60. The molecule has 0 radical (unpaired) electrons. The van der Waals surface area contributed by atoms with E-state index in [1.807, 2.05) is 12.1 Å². The lowest BCUT2D eigenvalue weighted by molar-refractivity contribution is 0.458. The maximum atomic E-state index is 5.87. The molecule has 2 heteroatoms. The van der Waals surface area contributed by atoms with Crippen molar-refractivity contribution >= 4 is 10.2 Å². The van der Waals surface area contributed by atoms with Gasteiger partial charge in [-0.2, -0.15) is 0 Å². The first-order valence-corrected chi connectivity index (χ1v) is 6.37. The molecule has 1 aliphatic heterocycles. The molecule has 74 valence electrons. The van der Waals surface area contributed by atoms with Crippen LogP contribution in [-0.2, 0) is 0 Å². The van der Waals surface area contributed by atoms with E-state index in [4.69, 9.17) is 4.74 Å². The standard InChI is InChI=1S/C13H12OSi/c15-13-9-5-1-3-7-11(9)14-12-8-4-2-6-10(12)13/h1-8,13H,15H3. The quantitative estimate of drug-likeness (QED) is 0.609. The summed E-state index contributed by atoms with van der Waals surface area (Å²) < 4.78 is 5.87. The summed E-state index contributed by atoms with van der Waals surface area (Å²) in [6.07, 6.45) is 0. The van der Waals surface area contributed by atoms with Gasteiger partial charge in [-0.1, -0.05) is 36.4 Å². The van der Waals surface area contributed by atoms with Gasteiger partial charge in [0, 0.05) is 15.8 Å². The zero-order chi connectivity index (χ0) is 10.3. The van der Waals surface area contributed by atoms with Crippen LogP contribution in [0.5, 0.6) is 11.5 Å². The SMILES string of the molecule is [SiH3]C1c2ccccc2Oc2ccccc21. The lowest BCUT2D eigenvalue weighted by atomic mass is 10.00. The number of hydrogen-bond acceptors (Lipinski definition) is 1. The lowest BCUT2D eigenvalue weighted by Gasteiger charge is -2.25. The normalized spacial score (nSPS) is 14.1. The Morgan fingerprint density at radius 3 is 1.80 bits per heavy atom. The Hall–Kier alpha value is -1.54. The third-order valence-corrected chi connectivity index (χ3v) is 4.23. The van der Waals surface area contributed by atoms with Crippen molar-refractivity contribution in [2.45, 2.75) is 5.54 Å². The van der Waals surface area contributed by atoms with Crippen LogP contribution in [0.3, 0.4) is 0 Å². The average Bonchev–Trinajstić information content (AvgIpc) is 2.30. The van der Waals surface area contributed by atoms with Crippen molar-refractivity contribution in [3.8, 4) is 11.5 Å². The van der Waals surface area contributed by atoms with Gasteiger partial charge in [0.15, 0.2) is 0 Å². The minimum absolute atomic E-state index is 0.561. The number of hydrogen-bond donors (Lipinski definition) is 0. The second kappa shape index (κ2) is 3.24. The summed E-state index contributed by atoms with van der Waals surface area (Å²) in [5.74, 6) is 2.05. The molecule has 1 nitrogen and oxygen atoms in total. The molecule has 2 aromatic carbocycles. The van der Waals surface area contributed by atoms with Gasteiger partial charge in [0.2, 0.25) is 0 Å². The Bertz CT molecular complexity index is 462. The second-order valence-electron chi connectivity index (χ2n) is 3.90. The van der Waals surface area contributed by atoms with Gasteiger partial charge in [-0.15, -0.1) is 0 Å². The van der Waals surface area contributed by atoms with E-state index in [1.54, 1.807) is 0 Å². The van der Waals surface area contributed by atoms with Gasteiger partial charge in [0.05, 0.1) is 0 Å². The van der Waals surface area contributed by atoms with Gasteiger partial charge in [-0.3, -0.25) is 0 Å². The van der Waals surface area contributed by atoms with Crippen LogP contribution in [0.15, 0.2) is 48.5 Å². The van der Waals surface area contributed by atoms with Gasteiger partial charge in [0.1, 0.15) is 11.5 Å². The molecule has 0 saturated carbocycles. The van der Waals surface area contributed by atoms with E-state index in [0.717, 1.165) is 21.7 Å². The van der Waals surface area contributed by atoms with Crippen LogP contribution in [-0.4, -0.2) is 10.2 Å². The van der Waals surface area contributed by atoms with E-state index < -0.39 is 0 Å². The highest BCUT2D eigenvalue weighted by Crippen LogP contribution is 2.41. The summed E-state index contributed by atoms with van der Waals surface area (Å²) in [7, 11) is 1.12. The molecule has 1 heterocycles. The van der Waals surface area contributed by atoms with Gasteiger partial charge in [0.25, 0.3) is 0 Å². The molecule has 0 aromatic heterocycles. The summed E-state index contributed by atoms with van der Waals surface area (Å²) in [6, 6.07) is 16.7. The van der Waals surface area contributed by atoms with Crippen LogP contribution >= 0.6 is 0 Å². The highest BCUT2D eigenvalue weighted by atomic mass is 28.1. The monoisotopic (exact) mass is 212 g/mol. The Morgan fingerprint density at radius 1 is 0.800 bits per heavy atom. The third-order valence-electron chi connectivity index (χ3n) is 2.99. The Kier molecular flexibility index (Phi) is 1.89. The molecule has 0 atom stereocenters. The number of rotatable bonds is 0. The Balaban J connectivity index is 2.20. The second-order valence-corrected chi connectivity index (χ2v) is 5.05. The third kappa shape index (κ3) is 1.29. The highest BCUT2D eigenvalue weighted by molar-refractivity contribution is 6.15. The lowest BCUT2D eigenvalue weighted by Crippen LogP contribution is -2.09. The first-order valence-electron chi connectivity index (χ1n) is 5.22. The molecule has 2 aromatic rings. The molecule has 0 aliphatic carbocycles. The smallest absolute Gasteiger partial charge is 0.130 e. The summed E-state index contributed by atoms with van der Waals surface area (Å²) in [4.78, 5) is 0. The van der Waals surface area contributed by atoms with Crippen molar-refractivity contribution in [3.05, 3.63) is 59.7 Å². The van der Waals surface area contributed by atoms with Crippen LogP contribution < -0.4 is 4.74 Å². The predicted molar refractivity (Wildman–Crippen MR) is 64.7 cm³/mol. The molecular weight excluding hydrogens is 200 g/mol. The average molecular weight is 212 g/mol. The molecule has 0 saturated heterocycles. The summed E-state index contributed by atoms with van der Waals surface area (Å²) in [6.45, 7) is 0. The minimum Gasteiger partial charge on any atom is -0.457 e. The number of fused-ring (bicyclic) bond motifs is 2. The fourth-order valence-corrected chi connectivity index (χ4v) is 3.10. The van der Waals surface area contributed by atoms with E-state index in [2.05, 4.69) is 36.4 Å². The predicted octanol–water partition coefficient (Wildman–Crippen LogP) is 2.25. The summed E-state index contributed by atoms with van der Waals surface area (Å²) >= 11 is 0. The molecule has 3 rings (SSSR count). The minimum atomic E-state index is 0.561. The Labute approximate surface area is 92.1 Å². The fraction of sp³-hybridized carbons (Fsp3) is 0.0769. The molecular formula is C13H12OSi. The van der Waals surface area contributed by atoms with E-state index in [-0.39, 0.29) is 0 Å². The van der Waals surface area contributed by atoms with Crippen LogP contribution in [0, 0.1) is 0 Å².